The Morgan fingerprint density at radius 1 is 1.42 bits per heavy atom. The van der Waals surface area contributed by atoms with Crippen LogP contribution in [-0.4, -0.2) is 55.0 Å². The van der Waals surface area contributed by atoms with E-state index in [0.717, 1.165) is 43.8 Å². The van der Waals surface area contributed by atoms with E-state index < -0.39 is 0 Å². The second kappa shape index (κ2) is 4.76. The predicted octanol–water partition coefficient (Wildman–Crippen LogP) is 2.46. The average Bonchev–Trinajstić information content (AvgIpc) is 3.25. The van der Waals surface area contributed by atoms with Crippen LogP contribution in [0.25, 0.3) is 0 Å². The Morgan fingerprint density at radius 2 is 2.27 bits per heavy atom. The molecule has 5 heteroatoms. The molecule has 6 atom stereocenters. The Labute approximate surface area is 153 Å². The van der Waals surface area contributed by atoms with Crippen molar-refractivity contribution in [3.63, 3.8) is 0 Å². The molecule has 4 aliphatic heterocycles. The number of benzene rings is 1. The van der Waals surface area contributed by atoms with Crippen LogP contribution < -0.4 is 0 Å². The van der Waals surface area contributed by atoms with Crippen LogP contribution in [0.2, 0.25) is 0 Å². The minimum absolute atomic E-state index is 0.00868. The SMILES string of the molecule is CC[C@@]12CC(C(=O)OC)C3=Nc4ccccc4[C@@]34CCN(CC3OC31)[C@@H]24. The molecule has 4 fully saturated rings. The van der Waals surface area contributed by atoms with Crippen LogP contribution in [0.1, 0.15) is 31.7 Å². The fraction of sp³-hybridized carbons (Fsp3) is 0.619. The number of hydrogen-bond donors (Lipinski definition) is 0. The predicted molar refractivity (Wildman–Crippen MR) is 96.7 cm³/mol. The fourth-order valence-electron chi connectivity index (χ4n) is 6.96. The highest BCUT2D eigenvalue weighted by Gasteiger charge is 2.75. The number of piperidine rings is 1. The summed E-state index contributed by atoms with van der Waals surface area (Å²) >= 11 is 0. The van der Waals surface area contributed by atoms with Crippen molar-refractivity contribution in [2.45, 2.75) is 49.9 Å². The Kier molecular flexibility index (Phi) is 2.81. The van der Waals surface area contributed by atoms with Gasteiger partial charge in [0.1, 0.15) is 0 Å². The fourth-order valence-corrected chi connectivity index (χ4v) is 6.96. The number of fused-ring (bicyclic) bond motifs is 3. The van der Waals surface area contributed by atoms with Crippen LogP contribution in [0.5, 0.6) is 0 Å². The van der Waals surface area contributed by atoms with Crippen LogP contribution in [-0.2, 0) is 19.7 Å². The molecule has 26 heavy (non-hydrogen) atoms. The Morgan fingerprint density at radius 3 is 3.08 bits per heavy atom. The zero-order valence-corrected chi connectivity index (χ0v) is 15.3. The number of para-hydroxylation sites is 1. The monoisotopic (exact) mass is 352 g/mol. The standard InChI is InChI=1S/C21H24N2O3/c1-3-20-10-12(18(24)25-2)16-21(13-6-4-5-7-14(13)22-16)8-9-23(19(20)21)11-15-17(20)26-15/h4-7,12,15,17,19H,3,8-11H2,1-2H3/t12?,15?,17?,19-,20+,21-/m0/s1. The molecule has 1 spiro atoms. The van der Waals surface area contributed by atoms with Crippen LogP contribution >= 0.6 is 0 Å². The van der Waals surface area contributed by atoms with Gasteiger partial charge >= 0.3 is 5.97 Å². The van der Waals surface area contributed by atoms with Gasteiger partial charge < -0.3 is 9.47 Å². The number of hydrogen-bond acceptors (Lipinski definition) is 5. The number of rotatable bonds is 2. The number of carbonyl (C=O) groups is 1. The normalized spacial score (nSPS) is 44.5. The van der Waals surface area contributed by atoms with E-state index in [0.29, 0.717) is 12.1 Å². The van der Waals surface area contributed by atoms with Gasteiger partial charge in [0, 0.05) is 23.7 Å². The van der Waals surface area contributed by atoms with Crippen LogP contribution in [0.15, 0.2) is 29.3 Å². The van der Waals surface area contributed by atoms with Crippen molar-refractivity contribution < 1.29 is 14.3 Å². The number of carbonyl (C=O) groups excluding carboxylic acids is 1. The van der Waals surface area contributed by atoms with E-state index in [1.54, 1.807) is 0 Å². The van der Waals surface area contributed by atoms with Crippen LogP contribution in [0, 0.1) is 11.3 Å². The van der Waals surface area contributed by atoms with Crippen molar-refractivity contribution >= 4 is 17.4 Å². The zero-order chi connectivity index (χ0) is 17.7. The van der Waals surface area contributed by atoms with Crippen LogP contribution in [0.4, 0.5) is 5.69 Å². The van der Waals surface area contributed by atoms with E-state index in [2.05, 4.69) is 30.0 Å². The van der Waals surface area contributed by atoms with Gasteiger partial charge in [-0.25, -0.2) is 0 Å². The quantitative estimate of drug-likeness (QED) is 0.606. The number of nitrogens with zero attached hydrogens (tertiary/aromatic N) is 2. The van der Waals surface area contributed by atoms with Gasteiger partial charge in [-0.05, 0) is 37.4 Å². The van der Waals surface area contributed by atoms with Crippen molar-refractivity contribution in [2.24, 2.45) is 16.3 Å². The third-order valence-corrected chi connectivity index (χ3v) is 7.87. The van der Waals surface area contributed by atoms with E-state index in [9.17, 15) is 4.79 Å². The molecular weight excluding hydrogens is 328 g/mol. The topological polar surface area (TPSA) is 54.4 Å². The van der Waals surface area contributed by atoms with Gasteiger partial charge in [0.05, 0.1) is 36.3 Å². The Balaban J connectivity index is 1.62. The van der Waals surface area contributed by atoms with Gasteiger partial charge in [0.25, 0.3) is 0 Å². The first-order chi connectivity index (χ1) is 12.7. The van der Waals surface area contributed by atoms with Crippen LogP contribution in [0.3, 0.4) is 0 Å². The molecule has 0 aromatic heterocycles. The first-order valence-corrected chi connectivity index (χ1v) is 9.81. The van der Waals surface area contributed by atoms with Crippen molar-refractivity contribution in [1.82, 2.24) is 4.90 Å². The molecule has 0 radical (unpaired) electrons. The smallest absolute Gasteiger partial charge is 0.314 e. The zero-order valence-electron chi connectivity index (χ0n) is 15.3. The van der Waals surface area contributed by atoms with Crippen molar-refractivity contribution in [1.29, 1.82) is 0 Å². The lowest BCUT2D eigenvalue weighted by Crippen LogP contribution is -2.67. The molecule has 1 saturated carbocycles. The van der Waals surface area contributed by atoms with Gasteiger partial charge in [0.15, 0.2) is 0 Å². The summed E-state index contributed by atoms with van der Waals surface area (Å²) in [6.45, 7) is 4.35. The molecule has 6 rings (SSSR count). The van der Waals surface area contributed by atoms with Crippen molar-refractivity contribution in [3.8, 4) is 0 Å². The molecule has 0 amide bonds. The third-order valence-electron chi connectivity index (χ3n) is 7.87. The molecule has 3 unspecified atom stereocenters. The number of ether oxygens (including phenoxy) is 2. The summed E-state index contributed by atoms with van der Waals surface area (Å²) in [5, 5.41) is 0. The maximum absolute atomic E-state index is 12.8. The van der Waals surface area contributed by atoms with Gasteiger partial charge in [-0.2, -0.15) is 0 Å². The Bertz CT molecular complexity index is 851. The van der Waals surface area contributed by atoms with Gasteiger partial charge in [-0.1, -0.05) is 25.1 Å². The number of esters is 1. The summed E-state index contributed by atoms with van der Waals surface area (Å²) in [7, 11) is 1.50. The highest BCUT2D eigenvalue weighted by atomic mass is 16.6. The largest absolute Gasteiger partial charge is 0.469 e. The molecule has 5 aliphatic rings. The summed E-state index contributed by atoms with van der Waals surface area (Å²) in [5.41, 5.74) is 3.27. The molecule has 3 saturated heterocycles. The Hall–Kier alpha value is -1.72. The molecule has 0 bridgehead atoms. The molecular formula is C21H24N2O3. The van der Waals surface area contributed by atoms with Crippen molar-refractivity contribution in [3.05, 3.63) is 29.8 Å². The summed E-state index contributed by atoms with van der Waals surface area (Å²) in [5.74, 6) is -0.394. The van der Waals surface area contributed by atoms with E-state index in [1.807, 2.05) is 6.07 Å². The average molecular weight is 352 g/mol. The molecule has 1 aromatic carbocycles. The third kappa shape index (κ3) is 1.53. The van der Waals surface area contributed by atoms with E-state index in [4.69, 9.17) is 14.5 Å². The number of epoxide rings is 1. The summed E-state index contributed by atoms with van der Waals surface area (Å²) < 4.78 is 11.4. The minimum atomic E-state index is -0.258. The number of methoxy groups -OCH3 is 1. The summed E-state index contributed by atoms with van der Waals surface area (Å²) in [4.78, 5) is 20.5. The first-order valence-electron chi connectivity index (χ1n) is 9.81. The van der Waals surface area contributed by atoms with E-state index in [1.165, 1.54) is 12.7 Å². The molecule has 5 nitrogen and oxygen atoms in total. The molecule has 136 valence electrons. The maximum atomic E-state index is 12.8. The lowest BCUT2D eigenvalue weighted by molar-refractivity contribution is -0.146. The summed E-state index contributed by atoms with van der Waals surface area (Å²) in [6, 6.07) is 8.87. The second-order valence-electron chi connectivity index (χ2n) is 8.59. The molecule has 4 heterocycles. The van der Waals surface area contributed by atoms with Crippen molar-refractivity contribution in [2.75, 3.05) is 20.2 Å². The molecule has 1 aliphatic carbocycles. The van der Waals surface area contributed by atoms with Gasteiger partial charge in [0.2, 0.25) is 0 Å². The summed E-state index contributed by atoms with van der Waals surface area (Å²) in [6.07, 6.45) is 3.50. The molecule has 0 N–H and O–H groups in total. The lowest BCUT2D eigenvalue weighted by Gasteiger charge is -2.56. The number of aliphatic imine (C=N–C) groups is 1. The highest BCUT2D eigenvalue weighted by molar-refractivity contribution is 6.13. The second-order valence-corrected chi connectivity index (χ2v) is 8.59. The maximum Gasteiger partial charge on any atom is 0.314 e. The molecule has 1 aromatic rings. The van der Waals surface area contributed by atoms with Gasteiger partial charge in [-0.15, -0.1) is 0 Å². The first kappa shape index (κ1) is 15.3. The van der Waals surface area contributed by atoms with E-state index in [-0.39, 0.29) is 28.8 Å². The van der Waals surface area contributed by atoms with Gasteiger partial charge in [-0.3, -0.25) is 14.7 Å². The van der Waals surface area contributed by atoms with E-state index >= 15 is 0 Å². The highest BCUT2D eigenvalue weighted by Crippen LogP contribution is 2.67. The lowest BCUT2D eigenvalue weighted by atomic mass is 9.50. The minimum Gasteiger partial charge on any atom is -0.469 e.